The third kappa shape index (κ3) is 4.65. The van der Waals surface area contributed by atoms with Crippen molar-refractivity contribution in [3.8, 4) is 0 Å². The number of nitrogens with zero attached hydrogens (tertiary/aromatic N) is 3. The Morgan fingerprint density at radius 2 is 2.03 bits per heavy atom. The SMILES string of the molecule is Cc1cc(NC(=O)CS(=O)(=O)c2cn(Cc3cccc(N4C=CNN4)c3)c3cc(F)cc(F)c23)no1. The molecule has 10 nitrogen and oxygen atoms in total. The summed E-state index contributed by atoms with van der Waals surface area (Å²) in [4.78, 5) is 12.0. The normalized spacial score (nSPS) is 13.4. The molecule has 1 amide bonds. The highest BCUT2D eigenvalue weighted by Crippen LogP contribution is 2.31. The molecule has 36 heavy (non-hydrogen) atoms. The maximum Gasteiger partial charge on any atom is 0.241 e. The van der Waals surface area contributed by atoms with Gasteiger partial charge in [-0.25, -0.2) is 17.2 Å². The predicted molar refractivity (Wildman–Crippen MR) is 127 cm³/mol. The summed E-state index contributed by atoms with van der Waals surface area (Å²) >= 11 is 0. The van der Waals surface area contributed by atoms with Crippen molar-refractivity contribution in [2.45, 2.75) is 18.4 Å². The standard InChI is InChI=1S/C23H20F2N6O4S/c1-14-7-21(28-35-14)27-22(32)13-36(33,34)20-12-30(19-10-16(24)9-18(25)23(19)20)11-15-3-2-4-17(8-15)31-6-5-26-29-31/h2-10,12,26,29H,11,13H2,1H3,(H,27,28,32). The first-order chi connectivity index (χ1) is 17.2. The van der Waals surface area contributed by atoms with E-state index in [2.05, 4.69) is 21.4 Å². The summed E-state index contributed by atoms with van der Waals surface area (Å²) in [5.74, 6) is -3.25. The largest absolute Gasteiger partial charge is 0.360 e. The van der Waals surface area contributed by atoms with Gasteiger partial charge in [-0.2, -0.15) is 0 Å². The van der Waals surface area contributed by atoms with Gasteiger partial charge in [0, 0.05) is 37.3 Å². The van der Waals surface area contributed by atoms with E-state index in [-0.39, 0.29) is 23.3 Å². The molecule has 186 valence electrons. The summed E-state index contributed by atoms with van der Waals surface area (Å²) < 4.78 is 61.6. The molecule has 0 fully saturated rings. The molecule has 0 saturated carbocycles. The van der Waals surface area contributed by atoms with Crippen molar-refractivity contribution in [3.63, 3.8) is 0 Å². The molecule has 2 aromatic carbocycles. The van der Waals surface area contributed by atoms with Gasteiger partial charge in [-0.1, -0.05) is 17.3 Å². The van der Waals surface area contributed by atoms with Crippen LogP contribution in [-0.4, -0.2) is 29.8 Å². The molecule has 0 aliphatic carbocycles. The van der Waals surface area contributed by atoms with Crippen LogP contribution in [0.5, 0.6) is 0 Å². The third-order valence-corrected chi connectivity index (χ3v) is 7.07. The first kappa shape index (κ1) is 23.5. The Hall–Kier alpha value is -4.23. The third-order valence-electron chi connectivity index (χ3n) is 5.45. The fourth-order valence-electron chi connectivity index (χ4n) is 3.94. The first-order valence-corrected chi connectivity index (χ1v) is 12.3. The van der Waals surface area contributed by atoms with Gasteiger partial charge in [0.25, 0.3) is 0 Å². The molecule has 2 aromatic heterocycles. The van der Waals surface area contributed by atoms with Gasteiger partial charge in [0.05, 0.1) is 21.5 Å². The van der Waals surface area contributed by atoms with Crippen molar-refractivity contribution in [1.29, 1.82) is 0 Å². The van der Waals surface area contributed by atoms with Crippen LogP contribution in [0, 0.1) is 18.6 Å². The minimum absolute atomic E-state index is 0.0462. The molecular formula is C23H20F2N6O4S. The van der Waals surface area contributed by atoms with Crippen molar-refractivity contribution in [1.82, 2.24) is 20.7 Å². The summed E-state index contributed by atoms with van der Waals surface area (Å²) in [5.41, 5.74) is 7.32. The number of amides is 1. The highest BCUT2D eigenvalue weighted by Gasteiger charge is 2.27. The van der Waals surface area contributed by atoms with Gasteiger partial charge in [0.15, 0.2) is 15.7 Å². The highest BCUT2D eigenvalue weighted by molar-refractivity contribution is 7.92. The molecule has 5 rings (SSSR count). The van der Waals surface area contributed by atoms with Gasteiger partial charge in [-0.05, 0) is 30.7 Å². The van der Waals surface area contributed by atoms with E-state index in [0.717, 1.165) is 17.3 Å². The van der Waals surface area contributed by atoms with Crippen LogP contribution in [0.4, 0.5) is 20.3 Å². The number of hydrazine groups is 2. The van der Waals surface area contributed by atoms with Gasteiger partial charge < -0.3 is 19.8 Å². The number of aryl methyl sites for hydroxylation is 1. The lowest BCUT2D eigenvalue weighted by molar-refractivity contribution is -0.113. The Morgan fingerprint density at radius 3 is 2.75 bits per heavy atom. The topological polar surface area (TPSA) is 122 Å². The zero-order valence-electron chi connectivity index (χ0n) is 18.8. The van der Waals surface area contributed by atoms with E-state index in [1.165, 1.54) is 16.8 Å². The number of benzene rings is 2. The van der Waals surface area contributed by atoms with Crippen LogP contribution in [0.2, 0.25) is 0 Å². The molecule has 4 aromatic rings. The first-order valence-electron chi connectivity index (χ1n) is 10.7. The average Bonchev–Trinajstić information content (AvgIpc) is 3.55. The number of anilines is 2. The second-order valence-corrected chi connectivity index (χ2v) is 10.1. The highest BCUT2D eigenvalue weighted by atomic mass is 32.2. The van der Waals surface area contributed by atoms with Crippen molar-refractivity contribution in [2.24, 2.45) is 0 Å². The fraction of sp³-hybridized carbons (Fsp3) is 0.130. The zero-order valence-corrected chi connectivity index (χ0v) is 19.6. The predicted octanol–water partition coefficient (Wildman–Crippen LogP) is 2.98. The Labute approximate surface area is 204 Å². The van der Waals surface area contributed by atoms with E-state index in [1.54, 1.807) is 36.5 Å². The monoisotopic (exact) mass is 514 g/mol. The van der Waals surface area contributed by atoms with E-state index in [4.69, 9.17) is 4.52 Å². The number of sulfone groups is 1. The van der Waals surface area contributed by atoms with Crippen LogP contribution in [0.15, 0.2) is 70.5 Å². The molecule has 3 N–H and O–H groups in total. The number of halogens is 2. The van der Waals surface area contributed by atoms with Crippen LogP contribution in [0.25, 0.3) is 10.9 Å². The van der Waals surface area contributed by atoms with Crippen molar-refractivity contribution in [3.05, 3.63) is 84.0 Å². The molecule has 0 spiro atoms. The van der Waals surface area contributed by atoms with Crippen molar-refractivity contribution >= 4 is 38.2 Å². The molecule has 0 radical (unpaired) electrons. The van der Waals surface area contributed by atoms with Crippen LogP contribution in [-0.2, 0) is 21.2 Å². The van der Waals surface area contributed by atoms with Gasteiger partial charge in [-0.15, -0.1) is 5.53 Å². The molecule has 0 atom stereocenters. The molecule has 13 heteroatoms. The number of aromatic nitrogens is 2. The Kier molecular flexibility index (Phi) is 5.94. The minimum Gasteiger partial charge on any atom is -0.360 e. The van der Waals surface area contributed by atoms with E-state index >= 15 is 0 Å². The number of carbonyl (C=O) groups excluding carboxylic acids is 1. The summed E-state index contributed by atoms with van der Waals surface area (Å²) in [7, 11) is -4.32. The van der Waals surface area contributed by atoms with Gasteiger partial charge in [0.1, 0.15) is 23.1 Å². The Balaban J connectivity index is 1.49. The number of hydrogen-bond acceptors (Lipinski definition) is 8. The Bertz CT molecular complexity index is 1610. The van der Waals surface area contributed by atoms with Gasteiger partial charge >= 0.3 is 0 Å². The van der Waals surface area contributed by atoms with E-state index < -0.39 is 38.0 Å². The van der Waals surface area contributed by atoms with Crippen LogP contribution < -0.4 is 21.3 Å². The molecule has 1 aliphatic heterocycles. The lowest BCUT2D eigenvalue weighted by Gasteiger charge is -2.16. The lowest BCUT2D eigenvalue weighted by atomic mass is 10.2. The van der Waals surface area contributed by atoms with Gasteiger partial charge in [-0.3, -0.25) is 9.80 Å². The number of carbonyl (C=O) groups is 1. The fourth-order valence-corrected chi connectivity index (χ4v) is 5.31. The maximum absolute atomic E-state index is 14.9. The van der Waals surface area contributed by atoms with E-state index in [1.807, 2.05) is 12.1 Å². The summed E-state index contributed by atoms with van der Waals surface area (Å²) in [6.07, 6.45) is 4.69. The van der Waals surface area contributed by atoms with E-state index in [9.17, 15) is 22.0 Å². The molecule has 1 aliphatic rings. The van der Waals surface area contributed by atoms with Gasteiger partial charge in [0.2, 0.25) is 5.91 Å². The number of fused-ring (bicyclic) bond motifs is 1. The minimum atomic E-state index is -4.32. The molecule has 0 saturated heterocycles. The number of rotatable bonds is 7. The average molecular weight is 515 g/mol. The Morgan fingerprint density at radius 1 is 1.19 bits per heavy atom. The number of hydrogen-bond donors (Lipinski definition) is 3. The number of nitrogens with one attached hydrogen (secondary N) is 3. The van der Waals surface area contributed by atoms with E-state index in [0.29, 0.717) is 11.8 Å². The molecule has 0 bridgehead atoms. The van der Waals surface area contributed by atoms with Crippen LogP contribution in [0.1, 0.15) is 11.3 Å². The second kappa shape index (κ2) is 9.09. The van der Waals surface area contributed by atoms with Crippen molar-refractivity contribution < 1.29 is 26.5 Å². The lowest BCUT2D eigenvalue weighted by Crippen LogP contribution is -2.35. The zero-order chi connectivity index (χ0) is 25.4. The maximum atomic E-state index is 14.9. The smallest absolute Gasteiger partial charge is 0.241 e. The van der Waals surface area contributed by atoms with Crippen LogP contribution >= 0.6 is 0 Å². The van der Waals surface area contributed by atoms with Crippen LogP contribution in [0.3, 0.4) is 0 Å². The molecule has 0 unspecified atom stereocenters. The summed E-state index contributed by atoms with van der Waals surface area (Å²) in [6, 6.07) is 10.4. The molecular weight excluding hydrogens is 494 g/mol. The van der Waals surface area contributed by atoms with Crippen molar-refractivity contribution in [2.75, 3.05) is 16.1 Å². The molecule has 3 heterocycles. The quantitative estimate of drug-likeness (QED) is 0.344. The summed E-state index contributed by atoms with van der Waals surface area (Å²) in [6.45, 7) is 1.74. The summed E-state index contributed by atoms with van der Waals surface area (Å²) in [5, 5.41) is 7.37. The second-order valence-electron chi connectivity index (χ2n) is 8.14.